The van der Waals surface area contributed by atoms with Gasteiger partial charge in [-0.3, -0.25) is 4.79 Å². The van der Waals surface area contributed by atoms with Crippen molar-refractivity contribution in [1.82, 2.24) is 0 Å². The molecule has 0 bridgehead atoms. The molecule has 0 saturated carbocycles. The monoisotopic (exact) mass is 302 g/mol. The van der Waals surface area contributed by atoms with E-state index in [2.05, 4.69) is 40.8 Å². The molecule has 1 saturated heterocycles. The molecule has 0 aromatic heterocycles. The standard InChI is InChI=1S/C15H30O4Si/c1-10-12(8-9-16)18-14(17)11(2)13(10)19-20(6,7)15(3,4)5/h10-13,16H,8-9H2,1-7H3/t10-,11-,12-,13-/m1/s1. The van der Waals surface area contributed by atoms with Gasteiger partial charge in [-0.2, -0.15) is 0 Å². The average molecular weight is 302 g/mol. The van der Waals surface area contributed by atoms with Crippen LogP contribution in [0, 0.1) is 11.8 Å². The lowest BCUT2D eigenvalue weighted by atomic mass is 9.85. The minimum Gasteiger partial charge on any atom is -0.462 e. The molecule has 4 atom stereocenters. The van der Waals surface area contributed by atoms with Gasteiger partial charge in [0.1, 0.15) is 6.10 Å². The molecule has 1 rings (SSSR count). The smallest absolute Gasteiger partial charge is 0.311 e. The third-order valence-electron chi connectivity index (χ3n) is 4.89. The van der Waals surface area contributed by atoms with Crippen LogP contribution in [0.3, 0.4) is 0 Å². The molecule has 1 aliphatic heterocycles. The van der Waals surface area contributed by atoms with Gasteiger partial charge in [0.15, 0.2) is 8.32 Å². The van der Waals surface area contributed by atoms with Crippen LogP contribution in [0.15, 0.2) is 0 Å². The van der Waals surface area contributed by atoms with Crippen LogP contribution < -0.4 is 0 Å². The molecule has 4 nitrogen and oxygen atoms in total. The number of aliphatic hydroxyl groups excluding tert-OH is 1. The molecule has 118 valence electrons. The topological polar surface area (TPSA) is 55.8 Å². The van der Waals surface area contributed by atoms with Gasteiger partial charge < -0.3 is 14.3 Å². The number of ether oxygens (including phenoxy) is 1. The van der Waals surface area contributed by atoms with E-state index in [1.807, 2.05) is 6.92 Å². The van der Waals surface area contributed by atoms with Gasteiger partial charge in [-0.05, 0) is 25.1 Å². The van der Waals surface area contributed by atoms with Crippen molar-refractivity contribution in [3.05, 3.63) is 0 Å². The minimum atomic E-state index is -1.93. The summed E-state index contributed by atoms with van der Waals surface area (Å²) in [6.07, 6.45) is 0.129. The quantitative estimate of drug-likeness (QED) is 0.641. The Morgan fingerprint density at radius 1 is 1.30 bits per heavy atom. The summed E-state index contributed by atoms with van der Waals surface area (Å²) in [6, 6.07) is 0. The molecule has 0 unspecified atom stereocenters. The summed E-state index contributed by atoms with van der Waals surface area (Å²) in [7, 11) is -1.93. The van der Waals surface area contributed by atoms with E-state index in [0.717, 1.165) is 0 Å². The molecule has 0 aromatic carbocycles. The highest BCUT2D eigenvalue weighted by Gasteiger charge is 2.47. The molecular weight excluding hydrogens is 272 g/mol. The summed E-state index contributed by atoms with van der Waals surface area (Å²) in [5.41, 5.74) is 0. The highest BCUT2D eigenvalue weighted by Crippen LogP contribution is 2.41. The summed E-state index contributed by atoms with van der Waals surface area (Å²) in [5.74, 6) is -0.330. The molecule has 1 N–H and O–H groups in total. The SMILES string of the molecule is C[C@H]1[C@@H](O[Si](C)(C)C(C)(C)C)[C@@H](C)C(=O)O[C@@H]1CCO. The van der Waals surface area contributed by atoms with Gasteiger partial charge in [0.25, 0.3) is 0 Å². The fourth-order valence-corrected chi connectivity index (χ4v) is 3.79. The first kappa shape index (κ1) is 17.7. The Morgan fingerprint density at radius 3 is 2.30 bits per heavy atom. The van der Waals surface area contributed by atoms with E-state index in [-0.39, 0.29) is 41.7 Å². The Kier molecular flexibility index (Phi) is 5.44. The van der Waals surface area contributed by atoms with E-state index >= 15 is 0 Å². The molecule has 0 radical (unpaired) electrons. The molecular formula is C15H30O4Si. The second-order valence-corrected chi connectivity index (χ2v) is 12.2. The van der Waals surface area contributed by atoms with Gasteiger partial charge in [0.05, 0.1) is 12.0 Å². The maximum Gasteiger partial charge on any atom is 0.311 e. The highest BCUT2D eigenvalue weighted by atomic mass is 28.4. The van der Waals surface area contributed by atoms with E-state index < -0.39 is 8.32 Å². The number of carbonyl (C=O) groups is 1. The maximum absolute atomic E-state index is 12.0. The van der Waals surface area contributed by atoms with Gasteiger partial charge >= 0.3 is 5.97 Å². The molecule has 1 aliphatic rings. The summed E-state index contributed by atoms with van der Waals surface area (Å²) in [6.45, 7) is 15.0. The second kappa shape index (κ2) is 6.16. The van der Waals surface area contributed by atoms with Crippen molar-refractivity contribution in [2.24, 2.45) is 11.8 Å². The third-order valence-corrected chi connectivity index (χ3v) is 9.36. The predicted octanol–water partition coefficient (Wildman–Crippen LogP) is 2.96. The van der Waals surface area contributed by atoms with Crippen molar-refractivity contribution >= 4 is 14.3 Å². The molecule has 0 aliphatic carbocycles. The first-order chi connectivity index (χ1) is 9.01. The zero-order valence-corrected chi connectivity index (χ0v) is 14.9. The normalized spacial score (nSPS) is 32.1. The van der Waals surface area contributed by atoms with E-state index in [4.69, 9.17) is 14.3 Å². The molecule has 1 heterocycles. The highest BCUT2D eigenvalue weighted by molar-refractivity contribution is 6.74. The van der Waals surface area contributed by atoms with Crippen LogP contribution in [0.4, 0.5) is 0 Å². The lowest BCUT2D eigenvalue weighted by Gasteiger charge is -2.46. The Bertz CT molecular complexity index is 348. The summed E-state index contributed by atoms with van der Waals surface area (Å²) < 4.78 is 11.9. The Morgan fingerprint density at radius 2 is 1.85 bits per heavy atom. The van der Waals surface area contributed by atoms with Gasteiger partial charge in [-0.1, -0.05) is 27.7 Å². The number of hydrogen-bond donors (Lipinski definition) is 1. The molecule has 1 fully saturated rings. The van der Waals surface area contributed by atoms with Crippen molar-refractivity contribution in [2.75, 3.05) is 6.61 Å². The average Bonchev–Trinajstić information content (AvgIpc) is 2.30. The number of carbonyl (C=O) groups excluding carboxylic acids is 1. The van der Waals surface area contributed by atoms with Crippen LogP contribution in [0.1, 0.15) is 41.0 Å². The van der Waals surface area contributed by atoms with Crippen LogP contribution in [0.25, 0.3) is 0 Å². The summed E-state index contributed by atoms with van der Waals surface area (Å²) in [5, 5.41) is 9.22. The number of hydrogen-bond acceptors (Lipinski definition) is 4. The zero-order chi connectivity index (χ0) is 15.7. The van der Waals surface area contributed by atoms with E-state index in [1.165, 1.54) is 0 Å². The first-order valence-corrected chi connectivity index (χ1v) is 10.4. The second-order valence-electron chi connectivity index (χ2n) is 7.48. The largest absolute Gasteiger partial charge is 0.462 e. The first-order valence-electron chi connectivity index (χ1n) is 7.50. The van der Waals surface area contributed by atoms with Crippen molar-refractivity contribution < 1.29 is 19.1 Å². The molecule has 5 heteroatoms. The van der Waals surface area contributed by atoms with E-state index in [9.17, 15) is 4.79 Å². The maximum atomic E-state index is 12.0. The number of cyclic esters (lactones) is 1. The lowest BCUT2D eigenvalue weighted by Crippen LogP contribution is -2.54. The third kappa shape index (κ3) is 3.62. The predicted molar refractivity (Wildman–Crippen MR) is 82.0 cm³/mol. The van der Waals surface area contributed by atoms with Gasteiger partial charge in [-0.25, -0.2) is 0 Å². The molecule has 20 heavy (non-hydrogen) atoms. The van der Waals surface area contributed by atoms with Crippen molar-refractivity contribution in [2.45, 2.75) is 71.4 Å². The van der Waals surface area contributed by atoms with Gasteiger partial charge in [0, 0.05) is 18.9 Å². The number of esters is 1. The van der Waals surface area contributed by atoms with Crippen molar-refractivity contribution in [3.63, 3.8) is 0 Å². The minimum absolute atomic E-state index is 0.0312. The molecule has 0 amide bonds. The Labute approximate surface area is 124 Å². The molecule has 0 spiro atoms. The fourth-order valence-electron chi connectivity index (χ4n) is 2.34. The molecule has 0 aromatic rings. The summed E-state index contributed by atoms with van der Waals surface area (Å²) in [4.78, 5) is 12.0. The van der Waals surface area contributed by atoms with Gasteiger partial charge in [0.2, 0.25) is 0 Å². The number of aliphatic hydroxyl groups is 1. The summed E-state index contributed by atoms with van der Waals surface area (Å²) >= 11 is 0. The van der Waals surface area contributed by atoms with Crippen LogP contribution in [0.2, 0.25) is 18.1 Å². The van der Waals surface area contributed by atoms with Crippen LogP contribution in [-0.4, -0.2) is 38.2 Å². The van der Waals surface area contributed by atoms with Crippen molar-refractivity contribution in [1.29, 1.82) is 0 Å². The Hall–Kier alpha value is -0.393. The van der Waals surface area contributed by atoms with Crippen molar-refractivity contribution in [3.8, 4) is 0 Å². The fraction of sp³-hybridized carbons (Fsp3) is 0.933. The Balaban J connectivity index is 2.92. The van der Waals surface area contributed by atoms with E-state index in [1.54, 1.807) is 0 Å². The van der Waals surface area contributed by atoms with Crippen LogP contribution >= 0.6 is 0 Å². The lowest BCUT2D eigenvalue weighted by molar-refractivity contribution is -0.177. The van der Waals surface area contributed by atoms with Crippen LogP contribution in [0.5, 0.6) is 0 Å². The zero-order valence-electron chi connectivity index (χ0n) is 13.9. The van der Waals surface area contributed by atoms with Gasteiger partial charge in [-0.15, -0.1) is 0 Å². The number of rotatable bonds is 4. The van der Waals surface area contributed by atoms with E-state index in [0.29, 0.717) is 6.42 Å². The van der Waals surface area contributed by atoms with Crippen LogP contribution in [-0.2, 0) is 14.0 Å².